The molecule has 3 aromatic rings. The van der Waals surface area contributed by atoms with Crippen LogP contribution >= 0.6 is 11.8 Å². The SMILES string of the molecule is Cc1ccccc1NC(=O)CN1C(=O)S/C(=C/c2ccc(-c3cc(C(=O)O)ccc3C)o2)C1=O. The maximum absolute atomic E-state index is 12.8. The van der Waals surface area contributed by atoms with Crippen molar-refractivity contribution in [3.63, 3.8) is 0 Å². The largest absolute Gasteiger partial charge is 0.478 e. The lowest BCUT2D eigenvalue weighted by Gasteiger charge is -2.13. The van der Waals surface area contributed by atoms with Gasteiger partial charge in [-0.3, -0.25) is 19.3 Å². The number of aryl methyl sites for hydroxylation is 2. The van der Waals surface area contributed by atoms with Crippen LogP contribution in [0.2, 0.25) is 0 Å². The number of imide groups is 1. The molecule has 34 heavy (non-hydrogen) atoms. The van der Waals surface area contributed by atoms with E-state index >= 15 is 0 Å². The van der Waals surface area contributed by atoms with Gasteiger partial charge < -0.3 is 14.8 Å². The highest BCUT2D eigenvalue weighted by Gasteiger charge is 2.36. The highest BCUT2D eigenvalue weighted by atomic mass is 32.2. The van der Waals surface area contributed by atoms with Crippen molar-refractivity contribution in [3.05, 3.63) is 82.0 Å². The number of hydrogen-bond acceptors (Lipinski definition) is 6. The first-order valence-electron chi connectivity index (χ1n) is 10.3. The topological polar surface area (TPSA) is 117 Å². The van der Waals surface area contributed by atoms with Gasteiger partial charge in [0.25, 0.3) is 11.1 Å². The number of nitrogens with one attached hydrogen (secondary N) is 1. The van der Waals surface area contributed by atoms with Crippen molar-refractivity contribution < 1.29 is 28.7 Å². The Bertz CT molecular complexity index is 1360. The Balaban J connectivity index is 1.49. The van der Waals surface area contributed by atoms with Crippen LogP contribution in [0.15, 0.2) is 63.9 Å². The minimum atomic E-state index is -1.05. The zero-order chi connectivity index (χ0) is 24.4. The molecule has 0 bridgehead atoms. The minimum absolute atomic E-state index is 0.128. The number of benzene rings is 2. The van der Waals surface area contributed by atoms with E-state index in [1.165, 1.54) is 18.2 Å². The van der Waals surface area contributed by atoms with Crippen LogP contribution in [-0.4, -0.2) is 39.6 Å². The Morgan fingerprint density at radius 3 is 2.56 bits per heavy atom. The van der Waals surface area contributed by atoms with Crippen molar-refractivity contribution in [3.8, 4) is 11.3 Å². The van der Waals surface area contributed by atoms with Crippen molar-refractivity contribution in [2.24, 2.45) is 0 Å². The third-order valence-corrected chi connectivity index (χ3v) is 6.15. The van der Waals surface area contributed by atoms with Gasteiger partial charge in [0.2, 0.25) is 5.91 Å². The number of amides is 3. The molecule has 0 atom stereocenters. The normalized spacial score (nSPS) is 14.6. The number of anilines is 1. The second-order valence-corrected chi connectivity index (χ2v) is 8.66. The molecule has 3 amide bonds. The van der Waals surface area contributed by atoms with Crippen LogP contribution in [0.25, 0.3) is 17.4 Å². The van der Waals surface area contributed by atoms with Gasteiger partial charge in [-0.2, -0.15) is 0 Å². The van der Waals surface area contributed by atoms with E-state index in [0.717, 1.165) is 27.8 Å². The van der Waals surface area contributed by atoms with Crippen LogP contribution in [0.3, 0.4) is 0 Å². The molecule has 0 unspecified atom stereocenters. The van der Waals surface area contributed by atoms with Crippen LogP contribution in [0, 0.1) is 13.8 Å². The summed E-state index contributed by atoms with van der Waals surface area (Å²) in [6.45, 7) is 3.27. The molecule has 1 fully saturated rings. The standard InChI is InChI=1S/C25H20N2O6S/c1-14-7-8-16(24(30)31)11-18(14)20-10-9-17(33-20)12-21-23(29)27(25(32)34-21)13-22(28)26-19-6-4-3-5-15(19)2/h3-12H,13H2,1-2H3,(H,26,28)(H,30,31)/b21-12+. The van der Waals surface area contributed by atoms with Gasteiger partial charge in [-0.15, -0.1) is 0 Å². The lowest BCUT2D eigenvalue weighted by molar-refractivity contribution is -0.127. The molecule has 0 saturated carbocycles. The van der Waals surface area contributed by atoms with Gasteiger partial charge in [0, 0.05) is 17.3 Å². The molecule has 0 radical (unpaired) electrons. The molecular formula is C25H20N2O6S. The minimum Gasteiger partial charge on any atom is -0.478 e. The van der Waals surface area contributed by atoms with E-state index < -0.39 is 29.6 Å². The lowest BCUT2D eigenvalue weighted by Crippen LogP contribution is -2.36. The van der Waals surface area contributed by atoms with Crippen LogP contribution in [-0.2, 0) is 9.59 Å². The number of carboxylic acid groups (broad SMARTS) is 1. The third-order valence-electron chi connectivity index (χ3n) is 5.24. The Morgan fingerprint density at radius 2 is 1.82 bits per heavy atom. The fraction of sp³-hybridized carbons (Fsp3) is 0.120. The number of carbonyl (C=O) groups excluding carboxylic acids is 3. The number of para-hydroxylation sites is 1. The predicted octanol–water partition coefficient (Wildman–Crippen LogP) is 4.94. The van der Waals surface area contributed by atoms with Gasteiger partial charge in [0.1, 0.15) is 18.1 Å². The van der Waals surface area contributed by atoms with E-state index in [1.807, 2.05) is 26.0 Å². The number of hydrogen-bond donors (Lipinski definition) is 2. The van der Waals surface area contributed by atoms with Crippen LogP contribution in [0.5, 0.6) is 0 Å². The first kappa shape index (κ1) is 23.1. The molecule has 9 heteroatoms. The summed E-state index contributed by atoms with van der Waals surface area (Å²) in [5.41, 5.74) is 3.04. The summed E-state index contributed by atoms with van der Waals surface area (Å²) in [5.74, 6) is -1.36. The van der Waals surface area contributed by atoms with E-state index in [2.05, 4.69) is 5.32 Å². The fourth-order valence-electron chi connectivity index (χ4n) is 3.41. The van der Waals surface area contributed by atoms with Crippen molar-refractivity contribution in [1.82, 2.24) is 4.90 Å². The van der Waals surface area contributed by atoms with Crippen LogP contribution in [0.1, 0.15) is 27.2 Å². The molecule has 172 valence electrons. The number of nitrogens with zero attached hydrogens (tertiary/aromatic N) is 1. The van der Waals surface area contributed by atoms with Crippen LogP contribution < -0.4 is 5.32 Å². The summed E-state index contributed by atoms with van der Waals surface area (Å²) in [7, 11) is 0. The number of carboxylic acids is 1. The zero-order valence-corrected chi connectivity index (χ0v) is 19.1. The second-order valence-electron chi connectivity index (χ2n) is 7.67. The first-order valence-corrected chi connectivity index (χ1v) is 11.1. The van der Waals surface area contributed by atoms with Gasteiger partial charge in [0.05, 0.1) is 10.5 Å². The summed E-state index contributed by atoms with van der Waals surface area (Å²) >= 11 is 0.723. The summed E-state index contributed by atoms with van der Waals surface area (Å²) in [6, 6.07) is 15.2. The summed E-state index contributed by atoms with van der Waals surface area (Å²) in [6.07, 6.45) is 1.43. The quantitative estimate of drug-likeness (QED) is 0.484. The Kier molecular flexibility index (Phi) is 6.38. The maximum Gasteiger partial charge on any atom is 0.335 e. The number of carbonyl (C=O) groups is 4. The summed E-state index contributed by atoms with van der Waals surface area (Å²) in [4.78, 5) is 49.8. The Morgan fingerprint density at radius 1 is 1.06 bits per heavy atom. The Labute approximate surface area is 199 Å². The van der Waals surface area contributed by atoms with Gasteiger partial charge >= 0.3 is 5.97 Å². The lowest BCUT2D eigenvalue weighted by atomic mass is 10.0. The van der Waals surface area contributed by atoms with E-state index in [1.54, 1.807) is 30.3 Å². The zero-order valence-electron chi connectivity index (χ0n) is 18.3. The molecule has 1 aliphatic heterocycles. The number of thioether (sulfide) groups is 1. The second kappa shape index (κ2) is 9.40. The van der Waals surface area contributed by atoms with Gasteiger partial charge in [-0.1, -0.05) is 24.3 Å². The highest BCUT2D eigenvalue weighted by Crippen LogP contribution is 2.34. The maximum atomic E-state index is 12.8. The van der Waals surface area contributed by atoms with Gasteiger partial charge in [-0.05, 0) is 67.1 Å². The molecule has 4 rings (SSSR count). The Hall–Kier alpha value is -4.11. The average molecular weight is 477 g/mol. The van der Waals surface area contributed by atoms with Crippen molar-refractivity contribution in [1.29, 1.82) is 0 Å². The monoisotopic (exact) mass is 476 g/mol. The van der Waals surface area contributed by atoms with E-state index in [9.17, 15) is 24.3 Å². The molecule has 1 aliphatic rings. The smallest absolute Gasteiger partial charge is 0.335 e. The first-order chi connectivity index (χ1) is 16.2. The molecule has 2 aromatic carbocycles. The molecule has 1 saturated heterocycles. The third kappa shape index (κ3) is 4.79. The van der Waals surface area contributed by atoms with Gasteiger partial charge in [0.15, 0.2) is 0 Å². The van der Waals surface area contributed by atoms with Crippen molar-refractivity contribution >= 4 is 46.5 Å². The number of rotatable bonds is 6. The summed E-state index contributed by atoms with van der Waals surface area (Å²) < 4.78 is 5.80. The van der Waals surface area contributed by atoms with E-state index in [0.29, 0.717) is 22.8 Å². The molecule has 0 aliphatic carbocycles. The molecular weight excluding hydrogens is 456 g/mol. The van der Waals surface area contributed by atoms with Crippen LogP contribution in [0.4, 0.5) is 10.5 Å². The van der Waals surface area contributed by atoms with Crippen molar-refractivity contribution in [2.75, 3.05) is 11.9 Å². The van der Waals surface area contributed by atoms with E-state index in [-0.39, 0.29) is 10.5 Å². The van der Waals surface area contributed by atoms with Crippen molar-refractivity contribution in [2.45, 2.75) is 13.8 Å². The predicted molar refractivity (Wildman–Crippen MR) is 128 cm³/mol. The molecule has 8 nitrogen and oxygen atoms in total. The average Bonchev–Trinajstić information content (AvgIpc) is 3.36. The van der Waals surface area contributed by atoms with Gasteiger partial charge in [-0.25, -0.2) is 4.79 Å². The molecule has 2 N–H and O–H groups in total. The molecule has 2 heterocycles. The fourth-order valence-corrected chi connectivity index (χ4v) is 4.23. The molecule has 0 spiro atoms. The molecule has 1 aromatic heterocycles. The summed E-state index contributed by atoms with van der Waals surface area (Å²) in [5, 5.41) is 11.4. The number of furan rings is 1. The highest BCUT2D eigenvalue weighted by molar-refractivity contribution is 8.18. The number of aromatic carboxylic acids is 1. The van der Waals surface area contributed by atoms with E-state index in [4.69, 9.17) is 4.42 Å².